The molecule has 5 heteroatoms. The average Bonchev–Trinajstić information content (AvgIpc) is 2.73. The molecule has 2 heterocycles. The standard InChI is InChI=1S/C11H15BrN2OS/c12-8-5-9(16-7-8)6-14-11(15)10-3-1-2-4-13-10/h5,7,10,13H,1-4,6H2,(H,14,15)/t10-/m1/s1. The Labute approximate surface area is 108 Å². The van der Waals surface area contributed by atoms with Gasteiger partial charge in [0.15, 0.2) is 0 Å². The lowest BCUT2D eigenvalue weighted by molar-refractivity contribution is -0.123. The summed E-state index contributed by atoms with van der Waals surface area (Å²) in [6.07, 6.45) is 3.29. The second kappa shape index (κ2) is 5.80. The third-order valence-electron chi connectivity index (χ3n) is 2.69. The number of piperidine rings is 1. The van der Waals surface area contributed by atoms with E-state index >= 15 is 0 Å². The van der Waals surface area contributed by atoms with Crippen molar-refractivity contribution in [1.82, 2.24) is 10.6 Å². The molecule has 1 atom stereocenters. The van der Waals surface area contributed by atoms with E-state index in [-0.39, 0.29) is 11.9 Å². The third kappa shape index (κ3) is 3.30. The minimum absolute atomic E-state index is 0.0113. The quantitative estimate of drug-likeness (QED) is 0.899. The molecule has 2 N–H and O–H groups in total. The second-order valence-electron chi connectivity index (χ2n) is 3.95. The minimum Gasteiger partial charge on any atom is -0.350 e. The van der Waals surface area contributed by atoms with Crippen molar-refractivity contribution in [2.45, 2.75) is 31.8 Å². The van der Waals surface area contributed by atoms with Crippen molar-refractivity contribution in [1.29, 1.82) is 0 Å². The van der Waals surface area contributed by atoms with Crippen molar-refractivity contribution >= 4 is 33.2 Å². The van der Waals surface area contributed by atoms with Crippen LogP contribution in [0.4, 0.5) is 0 Å². The predicted octanol–water partition coefficient (Wildman–Crippen LogP) is 2.27. The Bertz CT molecular complexity index is 361. The first-order valence-electron chi connectivity index (χ1n) is 5.50. The van der Waals surface area contributed by atoms with Gasteiger partial charge in [0.05, 0.1) is 12.6 Å². The fraction of sp³-hybridized carbons (Fsp3) is 0.545. The monoisotopic (exact) mass is 302 g/mol. The second-order valence-corrected chi connectivity index (χ2v) is 5.86. The van der Waals surface area contributed by atoms with E-state index in [1.807, 2.05) is 11.4 Å². The van der Waals surface area contributed by atoms with E-state index in [4.69, 9.17) is 0 Å². The molecule has 3 nitrogen and oxygen atoms in total. The fourth-order valence-electron chi connectivity index (χ4n) is 1.82. The summed E-state index contributed by atoms with van der Waals surface area (Å²) >= 11 is 5.06. The topological polar surface area (TPSA) is 41.1 Å². The van der Waals surface area contributed by atoms with Gasteiger partial charge in [0.25, 0.3) is 0 Å². The van der Waals surface area contributed by atoms with Gasteiger partial charge in [0.2, 0.25) is 5.91 Å². The Morgan fingerprint density at radius 2 is 2.50 bits per heavy atom. The molecular formula is C11H15BrN2OS. The summed E-state index contributed by atoms with van der Waals surface area (Å²) in [5.41, 5.74) is 0. The van der Waals surface area contributed by atoms with E-state index in [1.165, 1.54) is 11.3 Å². The van der Waals surface area contributed by atoms with Crippen molar-refractivity contribution in [3.63, 3.8) is 0 Å². The Balaban J connectivity index is 1.78. The predicted molar refractivity (Wildman–Crippen MR) is 69.5 cm³/mol. The fourth-order valence-corrected chi connectivity index (χ4v) is 3.21. The van der Waals surface area contributed by atoms with Crippen LogP contribution in [0, 0.1) is 0 Å². The summed E-state index contributed by atoms with van der Waals surface area (Å²) < 4.78 is 1.08. The minimum atomic E-state index is 0.0113. The number of hydrogen-bond donors (Lipinski definition) is 2. The summed E-state index contributed by atoms with van der Waals surface area (Å²) in [6.45, 7) is 1.59. The van der Waals surface area contributed by atoms with Crippen molar-refractivity contribution in [2.24, 2.45) is 0 Å². The van der Waals surface area contributed by atoms with E-state index in [2.05, 4.69) is 26.6 Å². The van der Waals surface area contributed by atoms with Crippen LogP contribution >= 0.6 is 27.3 Å². The number of amides is 1. The first-order valence-corrected chi connectivity index (χ1v) is 7.17. The van der Waals surface area contributed by atoms with Crippen LogP contribution in [0.3, 0.4) is 0 Å². The molecular weight excluding hydrogens is 288 g/mol. The molecule has 0 unspecified atom stereocenters. The van der Waals surface area contributed by atoms with Gasteiger partial charge in [-0.1, -0.05) is 6.42 Å². The average molecular weight is 303 g/mol. The molecule has 0 saturated carbocycles. The van der Waals surface area contributed by atoms with Crippen molar-refractivity contribution in [3.8, 4) is 0 Å². The molecule has 16 heavy (non-hydrogen) atoms. The lowest BCUT2D eigenvalue weighted by Gasteiger charge is -2.22. The van der Waals surface area contributed by atoms with Crippen LogP contribution in [0.1, 0.15) is 24.1 Å². The van der Waals surface area contributed by atoms with Gasteiger partial charge < -0.3 is 10.6 Å². The molecule has 1 aliphatic heterocycles. The smallest absolute Gasteiger partial charge is 0.237 e. The van der Waals surface area contributed by atoms with Crippen molar-refractivity contribution < 1.29 is 4.79 Å². The first-order chi connectivity index (χ1) is 7.75. The van der Waals surface area contributed by atoms with Crippen LogP contribution in [0.15, 0.2) is 15.9 Å². The Kier molecular flexibility index (Phi) is 4.37. The van der Waals surface area contributed by atoms with Gasteiger partial charge in [-0.2, -0.15) is 0 Å². The molecule has 1 aliphatic rings. The molecule has 1 amide bonds. The molecule has 0 spiro atoms. The Hall–Kier alpha value is -0.390. The summed E-state index contributed by atoms with van der Waals surface area (Å²) in [5.74, 6) is 0.129. The number of nitrogens with one attached hydrogen (secondary N) is 2. The highest BCUT2D eigenvalue weighted by atomic mass is 79.9. The molecule has 1 saturated heterocycles. The molecule has 0 bridgehead atoms. The number of halogens is 1. The van der Waals surface area contributed by atoms with Gasteiger partial charge in [-0.05, 0) is 41.4 Å². The highest BCUT2D eigenvalue weighted by molar-refractivity contribution is 9.10. The largest absolute Gasteiger partial charge is 0.350 e. The van der Waals surface area contributed by atoms with Gasteiger partial charge in [-0.3, -0.25) is 4.79 Å². The third-order valence-corrected chi connectivity index (χ3v) is 4.38. The number of carbonyl (C=O) groups excluding carboxylic acids is 1. The molecule has 88 valence electrons. The summed E-state index contributed by atoms with van der Waals surface area (Å²) in [7, 11) is 0. The Morgan fingerprint density at radius 3 is 3.12 bits per heavy atom. The van der Waals surface area contributed by atoms with Crippen LogP contribution in [0.5, 0.6) is 0 Å². The lowest BCUT2D eigenvalue weighted by Crippen LogP contribution is -2.46. The van der Waals surface area contributed by atoms with Crippen LogP contribution in [0.25, 0.3) is 0 Å². The van der Waals surface area contributed by atoms with Gasteiger partial charge >= 0.3 is 0 Å². The lowest BCUT2D eigenvalue weighted by atomic mass is 10.0. The number of thiophene rings is 1. The molecule has 0 radical (unpaired) electrons. The van der Waals surface area contributed by atoms with E-state index in [0.29, 0.717) is 6.54 Å². The van der Waals surface area contributed by atoms with Crippen LogP contribution in [0.2, 0.25) is 0 Å². The highest BCUT2D eigenvalue weighted by Gasteiger charge is 2.19. The maximum atomic E-state index is 11.8. The number of hydrogen-bond acceptors (Lipinski definition) is 3. The summed E-state index contributed by atoms with van der Waals surface area (Å²) in [6, 6.07) is 2.05. The maximum absolute atomic E-state index is 11.8. The normalized spacial score (nSPS) is 20.7. The van der Waals surface area contributed by atoms with E-state index in [9.17, 15) is 4.79 Å². The van der Waals surface area contributed by atoms with Crippen molar-refractivity contribution in [2.75, 3.05) is 6.54 Å². The van der Waals surface area contributed by atoms with Crippen LogP contribution in [-0.4, -0.2) is 18.5 Å². The number of carbonyl (C=O) groups is 1. The molecule has 1 fully saturated rings. The number of rotatable bonds is 3. The van der Waals surface area contributed by atoms with Gasteiger partial charge in [-0.15, -0.1) is 11.3 Å². The summed E-state index contributed by atoms with van der Waals surface area (Å²) in [4.78, 5) is 13.0. The van der Waals surface area contributed by atoms with E-state index in [0.717, 1.165) is 23.9 Å². The molecule has 1 aromatic heterocycles. The van der Waals surface area contributed by atoms with Gasteiger partial charge in [-0.25, -0.2) is 0 Å². The first kappa shape index (κ1) is 12.1. The maximum Gasteiger partial charge on any atom is 0.237 e. The zero-order chi connectivity index (χ0) is 11.4. The Morgan fingerprint density at radius 1 is 1.62 bits per heavy atom. The molecule has 1 aromatic rings. The van der Waals surface area contributed by atoms with Gasteiger partial charge in [0.1, 0.15) is 0 Å². The van der Waals surface area contributed by atoms with E-state index in [1.54, 1.807) is 11.3 Å². The molecule has 2 rings (SSSR count). The summed E-state index contributed by atoms with van der Waals surface area (Å²) in [5, 5.41) is 8.24. The molecule has 0 aliphatic carbocycles. The zero-order valence-corrected chi connectivity index (χ0v) is 11.4. The van der Waals surface area contributed by atoms with Gasteiger partial charge in [0, 0.05) is 14.7 Å². The SMILES string of the molecule is O=C(NCc1cc(Br)cs1)[C@H]1CCCCN1. The van der Waals surface area contributed by atoms with E-state index < -0.39 is 0 Å². The highest BCUT2D eigenvalue weighted by Crippen LogP contribution is 2.19. The van der Waals surface area contributed by atoms with Crippen LogP contribution in [-0.2, 0) is 11.3 Å². The molecule has 0 aromatic carbocycles. The van der Waals surface area contributed by atoms with Crippen molar-refractivity contribution in [3.05, 3.63) is 20.8 Å². The van der Waals surface area contributed by atoms with Crippen LogP contribution < -0.4 is 10.6 Å². The zero-order valence-electron chi connectivity index (χ0n) is 8.96.